The highest BCUT2D eigenvalue weighted by Gasteiger charge is 2.47. The van der Waals surface area contributed by atoms with Crippen LogP contribution in [0.5, 0.6) is 0 Å². The van der Waals surface area contributed by atoms with E-state index in [1.54, 1.807) is 13.0 Å². The van der Waals surface area contributed by atoms with Crippen molar-refractivity contribution in [1.82, 2.24) is 14.9 Å². The summed E-state index contributed by atoms with van der Waals surface area (Å²) >= 11 is 1.86. The summed E-state index contributed by atoms with van der Waals surface area (Å²) in [5, 5.41) is 13.9. The summed E-state index contributed by atoms with van der Waals surface area (Å²) in [6.07, 6.45) is 10.7. The SMILES string of the molecule is C=C1C(C2(C#N)CCSCC2)=Cc2c3ncnc2N1CCCCCCC(C)N1CCC(CC1C)C(F)(F)c1cccc(c1F)[C@@H](C)N3. The van der Waals surface area contributed by atoms with Crippen LogP contribution in [0.4, 0.5) is 24.8 Å². The third-order valence-corrected chi connectivity index (χ3v) is 12.1. The van der Waals surface area contributed by atoms with Gasteiger partial charge in [0.05, 0.1) is 28.7 Å². The summed E-state index contributed by atoms with van der Waals surface area (Å²) in [5.74, 6) is -2.12. The molecule has 6 nitrogen and oxygen atoms in total. The fourth-order valence-corrected chi connectivity index (χ4v) is 9.40. The summed E-state index contributed by atoms with van der Waals surface area (Å²) in [5.41, 5.74) is 1.37. The topological polar surface area (TPSA) is 68.1 Å². The van der Waals surface area contributed by atoms with Crippen molar-refractivity contribution in [1.29, 1.82) is 5.26 Å². The zero-order chi connectivity index (χ0) is 33.3. The van der Waals surface area contributed by atoms with Gasteiger partial charge in [-0.15, -0.1) is 0 Å². The van der Waals surface area contributed by atoms with E-state index in [0.717, 1.165) is 73.3 Å². The number of nitrogens with one attached hydrogen (secondary N) is 1. The predicted octanol–water partition coefficient (Wildman–Crippen LogP) is 9.09. The molecule has 0 aliphatic carbocycles. The van der Waals surface area contributed by atoms with Gasteiger partial charge in [0.25, 0.3) is 5.92 Å². The van der Waals surface area contributed by atoms with E-state index in [1.165, 1.54) is 18.5 Å². The van der Waals surface area contributed by atoms with Crippen LogP contribution in [-0.2, 0) is 5.92 Å². The van der Waals surface area contributed by atoms with Crippen LogP contribution in [0.15, 0.2) is 42.4 Å². The monoisotopic (exact) mass is 664 g/mol. The number of benzene rings is 1. The molecule has 252 valence electrons. The lowest BCUT2D eigenvalue weighted by Crippen LogP contribution is -2.48. The van der Waals surface area contributed by atoms with Crippen molar-refractivity contribution in [2.75, 3.05) is 34.8 Å². The smallest absolute Gasteiger partial charge is 0.278 e. The molecule has 4 unspecified atom stereocenters. The number of halogens is 3. The lowest BCUT2D eigenvalue weighted by molar-refractivity contribution is -0.100. The first-order valence-corrected chi connectivity index (χ1v) is 18.4. The van der Waals surface area contributed by atoms with Gasteiger partial charge in [0.1, 0.15) is 23.8 Å². The van der Waals surface area contributed by atoms with Gasteiger partial charge in [0.2, 0.25) is 0 Å². The molecular formula is C37H47F3N6S. The van der Waals surface area contributed by atoms with Crippen LogP contribution in [0, 0.1) is 28.5 Å². The van der Waals surface area contributed by atoms with Crippen molar-refractivity contribution in [3.63, 3.8) is 0 Å². The Morgan fingerprint density at radius 2 is 1.79 bits per heavy atom. The third kappa shape index (κ3) is 6.42. The maximum absolute atomic E-state index is 16.2. The summed E-state index contributed by atoms with van der Waals surface area (Å²) in [6, 6.07) is 6.65. The van der Waals surface area contributed by atoms with E-state index in [4.69, 9.17) is 0 Å². The second kappa shape index (κ2) is 13.8. The van der Waals surface area contributed by atoms with Gasteiger partial charge in [-0.2, -0.15) is 17.0 Å². The number of aromatic nitrogens is 2. The van der Waals surface area contributed by atoms with E-state index >= 15 is 13.2 Å². The molecule has 0 radical (unpaired) electrons. The highest BCUT2D eigenvalue weighted by molar-refractivity contribution is 7.99. The normalized spacial score (nSPS) is 29.6. The molecule has 47 heavy (non-hydrogen) atoms. The van der Waals surface area contributed by atoms with Crippen LogP contribution < -0.4 is 10.2 Å². The highest BCUT2D eigenvalue weighted by Crippen LogP contribution is 2.50. The molecule has 0 amide bonds. The molecule has 2 aromatic rings. The van der Waals surface area contributed by atoms with Gasteiger partial charge in [-0.3, -0.25) is 4.90 Å². The summed E-state index contributed by atoms with van der Waals surface area (Å²) in [4.78, 5) is 13.7. The van der Waals surface area contributed by atoms with E-state index in [0.29, 0.717) is 43.6 Å². The number of piperidine rings is 1. The Balaban J connectivity index is 1.41. The van der Waals surface area contributed by atoms with Crippen molar-refractivity contribution in [2.24, 2.45) is 11.3 Å². The zero-order valence-corrected chi connectivity index (χ0v) is 28.7. The van der Waals surface area contributed by atoms with E-state index in [-0.39, 0.29) is 11.6 Å². The first-order chi connectivity index (χ1) is 22.6. The summed E-state index contributed by atoms with van der Waals surface area (Å²) in [6.45, 7) is 11.8. The lowest BCUT2D eigenvalue weighted by atomic mass is 9.73. The van der Waals surface area contributed by atoms with Gasteiger partial charge in [-0.25, -0.2) is 23.1 Å². The minimum atomic E-state index is -3.29. The lowest BCUT2D eigenvalue weighted by Gasteiger charge is -2.43. The maximum atomic E-state index is 16.2. The Labute approximate surface area is 281 Å². The molecule has 2 saturated heterocycles. The zero-order valence-electron chi connectivity index (χ0n) is 27.9. The molecule has 10 heteroatoms. The van der Waals surface area contributed by atoms with Crippen LogP contribution in [0.2, 0.25) is 0 Å². The highest BCUT2D eigenvalue weighted by atomic mass is 32.2. The number of allylic oxidation sites excluding steroid dienone is 1. The third-order valence-electron chi connectivity index (χ3n) is 11.1. The van der Waals surface area contributed by atoms with Crippen molar-refractivity contribution in [3.8, 4) is 6.07 Å². The number of rotatable bonds is 1. The van der Waals surface area contributed by atoms with Gasteiger partial charge < -0.3 is 10.2 Å². The number of thioether (sulfide) groups is 1. The first kappa shape index (κ1) is 33.9. The average Bonchev–Trinajstić information content (AvgIpc) is 3.06. The molecule has 6 heterocycles. The molecule has 2 fully saturated rings. The average molecular weight is 665 g/mol. The number of nitrogens with zero attached hydrogens (tertiary/aromatic N) is 5. The number of nitriles is 1. The number of fused-ring (bicyclic) bond motifs is 9. The van der Waals surface area contributed by atoms with Crippen molar-refractivity contribution < 1.29 is 13.2 Å². The first-order valence-electron chi connectivity index (χ1n) is 17.3. The quantitative estimate of drug-likeness (QED) is 0.326. The molecule has 7 rings (SSSR count). The van der Waals surface area contributed by atoms with E-state index < -0.39 is 34.7 Å². The summed E-state index contributed by atoms with van der Waals surface area (Å²) in [7, 11) is 0. The molecule has 5 aliphatic rings. The van der Waals surface area contributed by atoms with Crippen molar-refractivity contribution in [2.45, 2.75) is 103 Å². The second-order valence-corrected chi connectivity index (χ2v) is 15.2. The van der Waals surface area contributed by atoms with Crippen molar-refractivity contribution in [3.05, 3.63) is 64.9 Å². The molecule has 8 bridgehead atoms. The van der Waals surface area contributed by atoms with Crippen LogP contribution in [0.1, 0.15) is 101 Å². The van der Waals surface area contributed by atoms with Crippen molar-refractivity contribution >= 4 is 29.5 Å². The predicted molar refractivity (Wildman–Crippen MR) is 185 cm³/mol. The molecule has 0 spiro atoms. The number of alkyl halides is 2. The molecular weight excluding hydrogens is 618 g/mol. The van der Waals surface area contributed by atoms with Gasteiger partial charge in [0.15, 0.2) is 0 Å². The molecule has 5 atom stereocenters. The minimum Gasteiger partial charge on any atom is -0.363 e. The van der Waals surface area contributed by atoms with E-state index in [2.05, 4.69) is 44.7 Å². The summed E-state index contributed by atoms with van der Waals surface area (Å²) < 4.78 is 48.6. The standard InChI is InChI=1S/C37H47F3N6S/c1-24-10-7-5-6-8-16-46-27(4)32(36(22-41)14-18-47-19-15-36)21-30-34(42-23-43-35(30)46)44-26(3)29-11-9-12-31(33(29)38)37(39,40)28-13-17-45(24)25(2)20-28/h9,11-12,21,23-26,28H,4-8,10,13-20H2,1-3H3,(H,42,43,44)/t24?,25?,26-,28?/m1/s1. The number of hydrogen-bond donors (Lipinski definition) is 1. The molecule has 5 aliphatic heterocycles. The van der Waals surface area contributed by atoms with Gasteiger partial charge in [-0.05, 0) is 89.0 Å². The molecule has 1 aromatic carbocycles. The van der Waals surface area contributed by atoms with Gasteiger partial charge in [0, 0.05) is 35.8 Å². The van der Waals surface area contributed by atoms with Gasteiger partial charge >= 0.3 is 0 Å². The molecule has 1 N–H and O–H groups in total. The number of anilines is 2. The molecule has 1 aromatic heterocycles. The minimum absolute atomic E-state index is 0.00111. The Kier molecular flexibility index (Phi) is 9.96. The van der Waals surface area contributed by atoms with Gasteiger partial charge in [-0.1, -0.05) is 44.0 Å². The maximum Gasteiger partial charge on any atom is 0.278 e. The fraction of sp³-hybridized carbons (Fsp3) is 0.595. The van der Waals surface area contributed by atoms with Crippen LogP contribution in [-0.4, -0.2) is 51.5 Å². The Morgan fingerprint density at radius 1 is 1.02 bits per heavy atom. The molecule has 0 saturated carbocycles. The van der Waals surface area contributed by atoms with E-state index in [1.807, 2.05) is 24.8 Å². The van der Waals surface area contributed by atoms with Crippen LogP contribution >= 0.6 is 11.8 Å². The Hall–Kier alpha value is -3.03. The fourth-order valence-electron chi connectivity index (χ4n) is 8.21. The Bertz CT molecular complexity index is 1550. The van der Waals surface area contributed by atoms with Crippen LogP contribution in [0.3, 0.4) is 0 Å². The van der Waals surface area contributed by atoms with E-state index in [9.17, 15) is 5.26 Å². The Morgan fingerprint density at radius 3 is 2.53 bits per heavy atom. The largest absolute Gasteiger partial charge is 0.363 e. The number of hydrogen-bond acceptors (Lipinski definition) is 7. The second-order valence-electron chi connectivity index (χ2n) is 14.0. The van der Waals surface area contributed by atoms with Crippen LogP contribution in [0.25, 0.3) is 6.08 Å².